The largest absolute Gasteiger partial charge is 0.381 e. The lowest BCUT2D eigenvalue weighted by molar-refractivity contribution is 0.129. The molecule has 1 aromatic carbocycles. The molecule has 0 atom stereocenters. The summed E-state index contributed by atoms with van der Waals surface area (Å²) in [5.74, 6) is 1.78. The lowest BCUT2D eigenvalue weighted by Gasteiger charge is -2.12. The van der Waals surface area contributed by atoms with Crippen molar-refractivity contribution >= 4 is 17.0 Å². The number of hydrogen-bond donors (Lipinski definition) is 2. The number of nitrogens with one attached hydrogen (secondary N) is 2. The summed E-state index contributed by atoms with van der Waals surface area (Å²) in [6, 6.07) is 8.15. The van der Waals surface area contributed by atoms with Gasteiger partial charge in [0.2, 0.25) is 0 Å². The minimum Gasteiger partial charge on any atom is -0.381 e. The monoisotopic (exact) mass is 331 g/mol. The first-order valence-electron chi connectivity index (χ1n) is 8.68. The van der Waals surface area contributed by atoms with Crippen LogP contribution >= 0.6 is 0 Å². The number of aromatic nitrogens is 2. The van der Waals surface area contributed by atoms with E-state index < -0.39 is 0 Å². The van der Waals surface area contributed by atoms with Crippen LogP contribution in [0.3, 0.4) is 0 Å². The number of aryl methyl sites for hydroxylation is 1. The highest BCUT2D eigenvalue weighted by atomic mass is 16.5. The minimum absolute atomic E-state index is 0.637. The number of benzene rings is 1. The molecule has 0 saturated heterocycles. The average Bonchev–Trinajstić information content (AvgIpc) is 2.93. The normalized spacial score (nSPS) is 11.9. The Morgan fingerprint density at radius 2 is 2.00 bits per heavy atom. The number of ether oxygens (including phenoxy) is 1. The molecule has 0 aliphatic heterocycles. The zero-order valence-corrected chi connectivity index (χ0v) is 15.0. The molecule has 0 saturated carbocycles. The van der Waals surface area contributed by atoms with Crippen LogP contribution in [0.5, 0.6) is 0 Å². The highest BCUT2D eigenvalue weighted by Crippen LogP contribution is 2.13. The third kappa shape index (κ3) is 5.23. The molecule has 0 aliphatic carbocycles. The molecule has 0 unspecified atom stereocenters. The first kappa shape index (κ1) is 18.3. The quantitative estimate of drug-likeness (QED) is 0.421. The molecule has 1 heterocycles. The Balaban J connectivity index is 1.74. The average molecular weight is 331 g/mol. The van der Waals surface area contributed by atoms with E-state index in [-0.39, 0.29) is 0 Å². The van der Waals surface area contributed by atoms with Gasteiger partial charge in [-0.2, -0.15) is 0 Å². The van der Waals surface area contributed by atoms with Crippen molar-refractivity contribution < 1.29 is 4.74 Å². The van der Waals surface area contributed by atoms with Crippen molar-refractivity contribution in [3.63, 3.8) is 0 Å². The smallest absolute Gasteiger partial charge is 0.191 e. The van der Waals surface area contributed by atoms with E-state index in [0.29, 0.717) is 6.54 Å². The number of imidazole rings is 1. The van der Waals surface area contributed by atoms with Gasteiger partial charge in [-0.1, -0.05) is 25.5 Å². The molecule has 0 fully saturated rings. The van der Waals surface area contributed by atoms with Gasteiger partial charge in [-0.05, 0) is 25.0 Å². The molecule has 132 valence electrons. The number of nitrogens with zero attached hydrogens (tertiary/aromatic N) is 3. The maximum atomic E-state index is 5.55. The number of guanidine groups is 1. The van der Waals surface area contributed by atoms with E-state index in [1.807, 2.05) is 25.2 Å². The van der Waals surface area contributed by atoms with Crippen LogP contribution in [0.25, 0.3) is 11.0 Å². The number of rotatable bonds is 9. The second kappa shape index (κ2) is 9.93. The van der Waals surface area contributed by atoms with Crippen LogP contribution in [0.4, 0.5) is 0 Å². The van der Waals surface area contributed by atoms with Crippen LogP contribution < -0.4 is 10.6 Å². The van der Waals surface area contributed by atoms with Gasteiger partial charge in [0.05, 0.1) is 17.6 Å². The lowest BCUT2D eigenvalue weighted by Crippen LogP contribution is -2.38. The predicted octanol–water partition coefficient (Wildman–Crippen LogP) is 2.45. The van der Waals surface area contributed by atoms with Crippen LogP contribution in [0.1, 0.15) is 32.0 Å². The van der Waals surface area contributed by atoms with Gasteiger partial charge in [0.1, 0.15) is 5.82 Å². The molecule has 0 aliphatic rings. The summed E-state index contributed by atoms with van der Waals surface area (Å²) in [7, 11) is 3.82. The number of unbranched alkanes of at least 4 members (excludes halogenated alkanes) is 1. The summed E-state index contributed by atoms with van der Waals surface area (Å²) < 4.78 is 7.66. The second-order valence-electron chi connectivity index (χ2n) is 5.75. The molecule has 0 amide bonds. The van der Waals surface area contributed by atoms with Gasteiger partial charge < -0.3 is 19.9 Å². The van der Waals surface area contributed by atoms with Crippen molar-refractivity contribution in [2.24, 2.45) is 12.0 Å². The highest BCUT2D eigenvalue weighted by Gasteiger charge is 2.07. The molecule has 2 N–H and O–H groups in total. The maximum Gasteiger partial charge on any atom is 0.191 e. The van der Waals surface area contributed by atoms with Crippen molar-refractivity contribution in [1.29, 1.82) is 0 Å². The lowest BCUT2D eigenvalue weighted by atomic mass is 10.3. The van der Waals surface area contributed by atoms with Crippen molar-refractivity contribution in [2.75, 3.05) is 26.8 Å². The number of hydrogen-bond acceptors (Lipinski definition) is 3. The van der Waals surface area contributed by atoms with Crippen molar-refractivity contribution in [2.45, 2.75) is 32.7 Å². The Kier molecular flexibility index (Phi) is 7.55. The Morgan fingerprint density at radius 3 is 2.75 bits per heavy atom. The van der Waals surface area contributed by atoms with E-state index >= 15 is 0 Å². The fraction of sp³-hybridized carbons (Fsp3) is 0.556. The van der Waals surface area contributed by atoms with Crippen LogP contribution in [0, 0.1) is 0 Å². The summed E-state index contributed by atoms with van der Waals surface area (Å²) in [6.45, 7) is 5.29. The molecule has 6 nitrogen and oxygen atoms in total. The Hall–Kier alpha value is -2.08. The molecule has 0 bridgehead atoms. The SMILES string of the molecule is CCCCOCCCNC(=NC)NCc1nc2ccccc2n1C. The van der Waals surface area contributed by atoms with Crippen LogP contribution in [0.2, 0.25) is 0 Å². The van der Waals surface area contributed by atoms with Gasteiger partial charge in [-0.25, -0.2) is 4.98 Å². The number of fused-ring (bicyclic) bond motifs is 1. The van der Waals surface area contributed by atoms with Crippen LogP contribution in [0.15, 0.2) is 29.3 Å². The molecule has 24 heavy (non-hydrogen) atoms. The molecule has 0 radical (unpaired) electrons. The number of para-hydroxylation sites is 2. The minimum atomic E-state index is 0.637. The van der Waals surface area contributed by atoms with Gasteiger partial charge in [-0.15, -0.1) is 0 Å². The first-order chi connectivity index (χ1) is 11.8. The Labute approximate surface area is 144 Å². The Morgan fingerprint density at radius 1 is 1.21 bits per heavy atom. The topological polar surface area (TPSA) is 63.5 Å². The van der Waals surface area contributed by atoms with Gasteiger partial charge >= 0.3 is 0 Å². The third-order valence-electron chi connectivity index (χ3n) is 3.92. The summed E-state index contributed by atoms with van der Waals surface area (Å²) in [4.78, 5) is 8.90. The predicted molar refractivity (Wildman–Crippen MR) is 99.3 cm³/mol. The summed E-state index contributed by atoms with van der Waals surface area (Å²) in [5.41, 5.74) is 2.16. The van der Waals surface area contributed by atoms with E-state index in [9.17, 15) is 0 Å². The van der Waals surface area contributed by atoms with Gasteiger partial charge in [-0.3, -0.25) is 4.99 Å². The van der Waals surface area contributed by atoms with Crippen LogP contribution in [-0.2, 0) is 18.3 Å². The molecule has 0 spiro atoms. The Bertz CT molecular complexity index is 650. The zero-order chi connectivity index (χ0) is 17.2. The van der Waals surface area contributed by atoms with Crippen molar-refractivity contribution in [3.05, 3.63) is 30.1 Å². The maximum absolute atomic E-state index is 5.55. The van der Waals surface area contributed by atoms with E-state index in [0.717, 1.165) is 55.4 Å². The molecule has 2 aromatic rings. The van der Waals surface area contributed by atoms with E-state index in [1.54, 1.807) is 7.05 Å². The van der Waals surface area contributed by atoms with Gasteiger partial charge in [0.15, 0.2) is 5.96 Å². The van der Waals surface area contributed by atoms with E-state index in [2.05, 4.69) is 38.2 Å². The highest BCUT2D eigenvalue weighted by molar-refractivity contribution is 5.80. The van der Waals surface area contributed by atoms with Crippen molar-refractivity contribution in [3.8, 4) is 0 Å². The standard InChI is InChI=1S/C18H29N5O/c1-4-5-12-24-13-8-11-20-18(19-2)21-14-17-22-15-9-6-7-10-16(15)23(17)3/h6-7,9-10H,4-5,8,11-14H2,1-3H3,(H2,19,20,21). The summed E-state index contributed by atoms with van der Waals surface area (Å²) in [5, 5.41) is 6.62. The summed E-state index contributed by atoms with van der Waals surface area (Å²) >= 11 is 0. The molecule has 6 heteroatoms. The van der Waals surface area contributed by atoms with E-state index in [4.69, 9.17) is 4.74 Å². The molecular weight excluding hydrogens is 302 g/mol. The van der Waals surface area contributed by atoms with Crippen molar-refractivity contribution in [1.82, 2.24) is 20.2 Å². The number of aliphatic imine (C=N–C) groups is 1. The summed E-state index contributed by atoms with van der Waals surface area (Å²) in [6.07, 6.45) is 3.28. The van der Waals surface area contributed by atoms with Crippen LogP contribution in [-0.4, -0.2) is 42.3 Å². The fourth-order valence-electron chi connectivity index (χ4n) is 2.47. The van der Waals surface area contributed by atoms with Gasteiger partial charge in [0, 0.05) is 33.9 Å². The van der Waals surface area contributed by atoms with E-state index in [1.165, 1.54) is 6.42 Å². The first-order valence-corrected chi connectivity index (χ1v) is 8.68. The molecule has 2 rings (SSSR count). The van der Waals surface area contributed by atoms with Gasteiger partial charge in [0.25, 0.3) is 0 Å². The second-order valence-corrected chi connectivity index (χ2v) is 5.75. The third-order valence-corrected chi connectivity index (χ3v) is 3.92. The fourth-order valence-corrected chi connectivity index (χ4v) is 2.47. The zero-order valence-electron chi connectivity index (χ0n) is 15.0. The molecule has 1 aromatic heterocycles. The molecular formula is C18H29N5O.